The lowest BCUT2D eigenvalue weighted by molar-refractivity contribution is -0.461. The second-order valence-electron chi connectivity index (χ2n) is 10.5. The number of halogens is 17. The van der Waals surface area contributed by atoms with Crippen molar-refractivity contribution in [2.24, 2.45) is 0 Å². The average molecular weight is 761 g/mol. The molecule has 22 heteroatoms. The van der Waals surface area contributed by atoms with Crippen LogP contribution >= 0.6 is 0 Å². The van der Waals surface area contributed by atoms with E-state index in [1.54, 1.807) is 6.92 Å². The molecule has 0 fully saturated rings. The van der Waals surface area contributed by atoms with Gasteiger partial charge in [-0.25, -0.2) is 0 Å². The molecule has 5 nitrogen and oxygen atoms in total. The second kappa shape index (κ2) is 14.2. The number of hydroxylamine groups is 2. The van der Waals surface area contributed by atoms with Crippen molar-refractivity contribution < 1.29 is 94.1 Å². The van der Waals surface area contributed by atoms with Gasteiger partial charge in [0.25, 0.3) is 0 Å². The fourth-order valence-corrected chi connectivity index (χ4v) is 4.13. The highest BCUT2D eigenvalue weighted by Gasteiger charge is 2.95. The van der Waals surface area contributed by atoms with Gasteiger partial charge >= 0.3 is 53.6 Å². The number of hydrogen-bond acceptors (Lipinski definition) is 4. The standard InChI is InChI=1S/C28H24F17NO4/c1-3-49-18-10-8-17(9-11-18)19(20(47)48)46(2)50-14-16-6-4-15(5-7-16)12-13-21(29,30)22(31,32)23(33,34)24(35,36)25(37,38)26(39,40)27(41,42)28(43,44)45/h4-11,19H,3,12-14H2,1-2H3,(H,47,48). The molecule has 1 atom stereocenters. The van der Waals surface area contributed by atoms with Gasteiger partial charge in [-0.3, -0.25) is 9.63 Å². The predicted octanol–water partition coefficient (Wildman–Crippen LogP) is 9.22. The lowest BCUT2D eigenvalue weighted by Crippen LogP contribution is -2.74. The number of benzene rings is 2. The summed E-state index contributed by atoms with van der Waals surface area (Å²) in [6.07, 6.45) is -11.8. The van der Waals surface area contributed by atoms with Crippen LogP contribution in [0.25, 0.3) is 0 Å². The number of rotatable bonds is 17. The van der Waals surface area contributed by atoms with E-state index >= 15 is 0 Å². The van der Waals surface area contributed by atoms with Crippen LogP contribution in [0.5, 0.6) is 5.75 Å². The summed E-state index contributed by atoms with van der Waals surface area (Å²) in [7, 11) is 1.23. The predicted molar refractivity (Wildman–Crippen MR) is 136 cm³/mol. The molecule has 0 aliphatic carbocycles. The molecule has 0 spiro atoms. The highest BCUT2D eigenvalue weighted by Crippen LogP contribution is 2.64. The van der Waals surface area contributed by atoms with Crippen molar-refractivity contribution in [2.75, 3.05) is 13.7 Å². The van der Waals surface area contributed by atoms with Crippen LogP contribution < -0.4 is 4.74 Å². The molecule has 1 unspecified atom stereocenters. The monoisotopic (exact) mass is 761 g/mol. The Labute approximate surface area is 270 Å². The Hall–Kier alpha value is -3.56. The summed E-state index contributed by atoms with van der Waals surface area (Å²) in [5.74, 6) is -57.5. The summed E-state index contributed by atoms with van der Waals surface area (Å²) in [6.45, 7) is 1.63. The Morgan fingerprint density at radius 1 is 0.660 bits per heavy atom. The third-order valence-corrected chi connectivity index (χ3v) is 7.08. The average Bonchev–Trinajstić information content (AvgIpc) is 2.99. The summed E-state index contributed by atoms with van der Waals surface area (Å²) >= 11 is 0. The maximum Gasteiger partial charge on any atom is 0.460 e. The van der Waals surface area contributed by atoms with E-state index in [1.807, 2.05) is 0 Å². The van der Waals surface area contributed by atoms with Gasteiger partial charge in [0.05, 0.1) is 13.2 Å². The number of alkyl halides is 17. The van der Waals surface area contributed by atoms with Gasteiger partial charge in [-0.1, -0.05) is 36.4 Å². The first-order chi connectivity index (χ1) is 22.4. The molecule has 0 radical (unpaired) electrons. The van der Waals surface area contributed by atoms with Crippen LogP contribution in [0.3, 0.4) is 0 Å². The van der Waals surface area contributed by atoms with Crippen molar-refractivity contribution in [3.8, 4) is 5.75 Å². The zero-order valence-corrected chi connectivity index (χ0v) is 25.1. The summed E-state index contributed by atoms with van der Waals surface area (Å²) in [5, 5.41) is 10.5. The molecule has 50 heavy (non-hydrogen) atoms. The molecular formula is C28H24F17NO4. The number of ether oxygens (including phenoxy) is 1. The molecular weight excluding hydrogens is 737 g/mol. The van der Waals surface area contributed by atoms with Gasteiger partial charge in [0, 0.05) is 13.5 Å². The Balaban J connectivity index is 2.19. The number of likely N-dealkylation sites (N-methyl/N-ethyl adjacent to an activating group) is 1. The number of carbonyl (C=O) groups is 1. The number of aliphatic carboxylic acids is 1. The first-order valence-electron chi connectivity index (χ1n) is 13.5. The fraction of sp³-hybridized carbons (Fsp3) is 0.536. The Kier molecular flexibility index (Phi) is 12.1. The van der Waals surface area contributed by atoms with Crippen molar-refractivity contribution in [3.63, 3.8) is 0 Å². The number of aryl methyl sites for hydroxylation is 1. The Bertz CT molecular complexity index is 1450. The Morgan fingerprint density at radius 2 is 1.08 bits per heavy atom. The van der Waals surface area contributed by atoms with E-state index in [-0.39, 0.29) is 11.1 Å². The van der Waals surface area contributed by atoms with E-state index < -0.39 is 84.7 Å². The van der Waals surface area contributed by atoms with Crippen molar-refractivity contribution in [2.45, 2.75) is 80.0 Å². The van der Waals surface area contributed by atoms with Crippen molar-refractivity contribution >= 4 is 5.97 Å². The third kappa shape index (κ3) is 7.54. The lowest BCUT2D eigenvalue weighted by atomic mass is 9.87. The molecule has 0 amide bonds. The quantitative estimate of drug-likeness (QED) is 0.129. The molecule has 0 aliphatic rings. The van der Waals surface area contributed by atoms with E-state index in [4.69, 9.17) is 9.57 Å². The van der Waals surface area contributed by atoms with Crippen molar-refractivity contribution in [1.29, 1.82) is 0 Å². The Morgan fingerprint density at radius 3 is 1.50 bits per heavy atom. The van der Waals surface area contributed by atoms with Crippen LogP contribution in [0.1, 0.15) is 36.1 Å². The summed E-state index contributed by atoms with van der Waals surface area (Å²) < 4.78 is 234. The van der Waals surface area contributed by atoms with Crippen LogP contribution in [0.2, 0.25) is 0 Å². The van der Waals surface area contributed by atoms with Crippen LogP contribution in [0, 0.1) is 0 Å². The zero-order valence-electron chi connectivity index (χ0n) is 25.1. The summed E-state index contributed by atoms with van der Waals surface area (Å²) in [6, 6.07) is 8.32. The molecule has 0 aromatic heterocycles. The number of carboxylic acid groups (broad SMARTS) is 1. The van der Waals surface area contributed by atoms with Crippen molar-refractivity contribution in [3.05, 3.63) is 65.2 Å². The lowest BCUT2D eigenvalue weighted by Gasteiger charge is -2.42. The van der Waals surface area contributed by atoms with E-state index in [0.29, 0.717) is 12.4 Å². The van der Waals surface area contributed by atoms with Crippen molar-refractivity contribution in [1.82, 2.24) is 5.06 Å². The first kappa shape index (κ1) is 42.6. The summed E-state index contributed by atoms with van der Waals surface area (Å²) in [5.41, 5.74) is -0.0396. The van der Waals surface area contributed by atoms with Gasteiger partial charge < -0.3 is 9.84 Å². The molecule has 0 saturated heterocycles. The topological polar surface area (TPSA) is 59.0 Å². The molecule has 0 heterocycles. The minimum atomic E-state index is -8.67. The van der Waals surface area contributed by atoms with E-state index in [2.05, 4.69) is 0 Å². The molecule has 2 aromatic rings. The van der Waals surface area contributed by atoms with Gasteiger partial charge in [0.1, 0.15) is 5.75 Å². The molecule has 0 aliphatic heterocycles. The molecule has 2 aromatic carbocycles. The number of carboxylic acids is 1. The van der Waals surface area contributed by atoms with Gasteiger partial charge in [0.2, 0.25) is 0 Å². The largest absolute Gasteiger partial charge is 0.494 e. The van der Waals surface area contributed by atoms with Gasteiger partial charge in [-0.15, -0.1) is 0 Å². The maximum atomic E-state index is 14.2. The summed E-state index contributed by atoms with van der Waals surface area (Å²) in [4.78, 5) is 17.2. The molecule has 284 valence electrons. The second-order valence-corrected chi connectivity index (χ2v) is 10.5. The van der Waals surface area contributed by atoms with Crippen LogP contribution in [0.4, 0.5) is 74.6 Å². The maximum absolute atomic E-state index is 14.2. The van der Waals surface area contributed by atoms with E-state index in [9.17, 15) is 84.5 Å². The molecule has 0 bridgehead atoms. The number of nitrogens with zero attached hydrogens (tertiary/aromatic N) is 1. The smallest absolute Gasteiger partial charge is 0.460 e. The molecule has 2 rings (SSSR count). The van der Waals surface area contributed by atoms with Gasteiger partial charge in [-0.2, -0.15) is 79.7 Å². The normalized spacial score (nSPS) is 15.0. The fourth-order valence-electron chi connectivity index (χ4n) is 4.13. The van der Waals surface area contributed by atoms with Gasteiger partial charge in [0.15, 0.2) is 6.04 Å². The minimum Gasteiger partial charge on any atom is -0.494 e. The highest BCUT2D eigenvalue weighted by molar-refractivity contribution is 5.75. The van der Waals surface area contributed by atoms with Gasteiger partial charge in [-0.05, 0) is 42.2 Å². The van der Waals surface area contributed by atoms with Crippen LogP contribution in [0.15, 0.2) is 48.5 Å². The number of hydrogen-bond donors (Lipinski definition) is 1. The van der Waals surface area contributed by atoms with E-state index in [1.165, 1.54) is 31.3 Å². The first-order valence-corrected chi connectivity index (χ1v) is 13.5. The molecule has 1 N–H and O–H groups in total. The van der Waals surface area contributed by atoms with Crippen LogP contribution in [-0.2, 0) is 22.7 Å². The van der Waals surface area contributed by atoms with E-state index in [0.717, 1.165) is 29.3 Å². The third-order valence-electron chi connectivity index (χ3n) is 7.08. The van der Waals surface area contributed by atoms with Crippen LogP contribution in [-0.4, -0.2) is 77.4 Å². The highest BCUT2D eigenvalue weighted by atomic mass is 19.4. The zero-order chi connectivity index (χ0) is 38.9. The molecule has 0 saturated carbocycles. The minimum absolute atomic E-state index is 0.151. The SMILES string of the molecule is CCOc1ccc(C(C(=O)O)N(C)OCc2ccc(CCC(F)(F)C(F)(F)C(F)(F)C(F)(F)C(F)(F)C(F)(F)C(F)(F)C(F)(F)F)cc2)cc1.